The van der Waals surface area contributed by atoms with E-state index in [9.17, 15) is 4.21 Å². The minimum absolute atomic E-state index is 0.397. The summed E-state index contributed by atoms with van der Waals surface area (Å²) in [6.45, 7) is 2.00. The van der Waals surface area contributed by atoms with Crippen LogP contribution < -0.4 is 4.18 Å². The fourth-order valence-corrected chi connectivity index (χ4v) is 1.75. The van der Waals surface area contributed by atoms with E-state index in [-0.39, 0.29) is 0 Å². The highest BCUT2D eigenvalue weighted by atomic mass is 32.2. The molecule has 0 aliphatic rings. The van der Waals surface area contributed by atoms with Crippen molar-refractivity contribution in [3.8, 4) is 5.75 Å². The molecule has 0 aliphatic heterocycles. The normalized spacial score (nSPS) is 12.7. The Morgan fingerprint density at radius 2 is 1.87 bits per heavy atom. The quantitative estimate of drug-likeness (QED) is 0.794. The summed E-state index contributed by atoms with van der Waals surface area (Å²) in [6, 6.07) is 11.3. The van der Waals surface area contributed by atoms with Gasteiger partial charge in [-0.2, -0.15) is 4.21 Å². The molecule has 0 amide bonds. The number of rotatable bonds is 2. The molecule has 2 aromatic carbocycles. The van der Waals surface area contributed by atoms with Crippen LogP contribution in [0.4, 0.5) is 0 Å². The van der Waals surface area contributed by atoms with Crippen molar-refractivity contribution in [1.82, 2.24) is 0 Å². The van der Waals surface area contributed by atoms with Crippen molar-refractivity contribution in [2.75, 3.05) is 0 Å². The van der Waals surface area contributed by atoms with E-state index in [1.54, 1.807) is 12.1 Å². The summed E-state index contributed by atoms with van der Waals surface area (Å²) in [5.41, 5.74) is 1.14. The van der Waals surface area contributed by atoms with Crippen LogP contribution in [0.2, 0.25) is 0 Å². The van der Waals surface area contributed by atoms with Crippen LogP contribution in [0, 0.1) is 6.92 Å². The predicted molar refractivity (Wildman–Crippen MR) is 60.1 cm³/mol. The minimum Gasteiger partial charge on any atom is -0.380 e. The summed E-state index contributed by atoms with van der Waals surface area (Å²) in [7, 11) is 0. The number of aryl methyl sites for hydroxylation is 1. The van der Waals surface area contributed by atoms with Gasteiger partial charge in [-0.25, -0.2) is 0 Å². The number of hydrogen-bond donors (Lipinski definition) is 1. The Morgan fingerprint density at radius 1 is 1.13 bits per heavy atom. The Labute approximate surface area is 90.2 Å². The molecule has 1 N–H and O–H groups in total. The molecule has 3 nitrogen and oxygen atoms in total. The van der Waals surface area contributed by atoms with Gasteiger partial charge in [-0.15, -0.1) is 0 Å². The van der Waals surface area contributed by atoms with E-state index >= 15 is 0 Å². The fraction of sp³-hybridized carbons (Fsp3) is 0.0909. The van der Waals surface area contributed by atoms with Crippen molar-refractivity contribution in [2.24, 2.45) is 0 Å². The Hall–Kier alpha value is -1.39. The first-order valence-corrected chi connectivity index (χ1v) is 5.48. The molecule has 0 aromatic heterocycles. The lowest BCUT2D eigenvalue weighted by Gasteiger charge is -2.03. The van der Waals surface area contributed by atoms with Crippen LogP contribution in [0.25, 0.3) is 10.8 Å². The molecule has 0 aliphatic carbocycles. The van der Waals surface area contributed by atoms with Gasteiger partial charge in [0.15, 0.2) is 0 Å². The summed E-state index contributed by atoms with van der Waals surface area (Å²) in [6.07, 6.45) is 0. The lowest BCUT2D eigenvalue weighted by Crippen LogP contribution is -1.96. The highest BCUT2D eigenvalue weighted by Crippen LogP contribution is 2.22. The second-order valence-electron chi connectivity index (χ2n) is 3.31. The fourth-order valence-electron chi connectivity index (χ4n) is 1.48. The van der Waals surface area contributed by atoms with Gasteiger partial charge in [0.1, 0.15) is 5.75 Å². The van der Waals surface area contributed by atoms with Crippen molar-refractivity contribution in [1.29, 1.82) is 0 Å². The zero-order valence-electron chi connectivity index (χ0n) is 8.14. The van der Waals surface area contributed by atoms with Crippen molar-refractivity contribution in [3.63, 3.8) is 0 Å². The van der Waals surface area contributed by atoms with Crippen molar-refractivity contribution < 1.29 is 12.9 Å². The lowest BCUT2D eigenvalue weighted by molar-refractivity contribution is 0.458. The average Bonchev–Trinajstić information content (AvgIpc) is 2.16. The van der Waals surface area contributed by atoms with E-state index < -0.39 is 11.4 Å². The Bertz CT molecular complexity index is 522. The first-order valence-electron chi connectivity index (χ1n) is 4.45. The van der Waals surface area contributed by atoms with Gasteiger partial charge in [0.25, 0.3) is 0 Å². The van der Waals surface area contributed by atoms with Gasteiger partial charge in [0.2, 0.25) is 0 Å². The number of benzene rings is 2. The van der Waals surface area contributed by atoms with E-state index in [0.717, 1.165) is 16.3 Å². The van der Waals surface area contributed by atoms with Crippen LogP contribution in [0.3, 0.4) is 0 Å². The molecule has 1 atom stereocenters. The van der Waals surface area contributed by atoms with Crippen LogP contribution in [-0.2, 0) is 11.4 Å². The van der Waals surface area contributed by atoms with Crippen LogP contribution >= 0.6 is 0 Å². The van der Waals surface area contributed by atoms with Crippen LogP contribution in [0.15, 0.2) is 36.4 Å². The summed E-state index contributed by atoms with van der Waals surface area (Å²) >= 11 is -2.26. The molecule has 0 bridgehead atoms. The summed E-state index contributed by atoms with van der Waals surface area (Å²) < 4.78 is 23.7. The third-order valence-corrected chi connectivity index (χ3v) is 2.47. The Balaban J connectivity index is 2.49. The third kappa shape index (κ3) is 2.34. The van der Waals surface area contributed by atoms with E-state index in [2.05, 4.69) is 4.18 Å². The second kappa shape index (κ2) is 4.00. The first-order chi connectivity index (χ1) is 7.15. The van der Waals surface area contributed by atoms with E-state index in [0.29, 0.717) is 5.75 Å². The van der Waals surface area contributed by atoms with E-state index in [4.69, 9.17) is 4.55 Å². The zero-order valence-corrected chi connectivity index (χ0v) is 8.95. The lowest BCUT2D eigenvalue weighted by atomic mass is 10.1. The van der Waals surface area contributed by atoms with Crippen LogP contribution in [0.5, 0.6) is 5.75 Å². The number of hydrogen-bond acceptors (Lipinski definition) is 2. The van der Waals surface area contributed by atoms with Gasteiger partial charge in [-0.3, -0.25) is 4.55 Å². The highest BCUT2D eigenvalue weighted by molar-refractivity contribution is 7.74. The van der Waals surface area contributed by atoms with Crippen LogP contribution in [0.1, 0.15) is 5.56 Å². The monoisotopic (exact) mass is 222 g/mol. The molecule has 15 heavy (non-hydrogen) atoms. The van der Waals surface area contributed by atoms with Crippen molar-refractivity contribution >= 4 is 22.1 Å². The SMILES string of the molecule is Cc1ccc2ccc(OS(=O)O)cc2c1. The van der Waals surface area contributed by atoms with Crippen LogP contribution in [-0.4, -0.2) is 8.76 Å². The third-order valence-electron chi connectivity index (χ3n) is 2.13. The average molecular weight is 222 g/mol. The Morgan fingerprint density at radius 3 is 2.60 bits per heavy atom. The second-order valence-corrected chi connectivity index (χ2v) is 3.91. The molecule has 2 rings (SSSR count). The molecule has 2 aromatic rings. The molecule has 0 saturated carbocycles. The van der Waals surface area contributed by atoms with E-state index in [1.807, 2.05) is 31.2 Å². The molecule has 0 radical (unpaired) electrons. The summed E-state index contributed by atoms with van der Waals surface area (Å²) in [4.78, 5) is 0. The molecule has 0 heterocycles. The molecule has 1 unspecified atom stereocenters. The molecule has 0 saturated heterocycles. The maximum Gasteiger partial charge on any atom is 0.357 e. The summed E-state index contributed by atoms with van der Waals surface area (Å²) in [5.74, 6) is 0.397. The van der Waals surface area contributed by atoms with Gasteiger partial charge < -0.3 is 4.18 Å². The van der Waals surface area contributed by atoms with Gasteiger partial charge in [0, 0.05) is 0 Å². The van der Waals surface area contributed by atoms with E-state index in [1.165, 1.54) is 0 Å². The molecule has 0 spiro atoms. The number of fused-ring (bicyclic) bond motifs is 1. The molecule has 0 fully saturated rings. The zero-order chi connectivity index (χ0) is 10.8. The summed E-state index contributed by atoms with van der Waals surface area (Å²) in [5, 5.41) is 2.08. The first kappa shape index (κ1) is 10.1. The topological polar surface area (TPSA) is 46.5 Å². The molecular formula is C11H10O3S. The minimum atomic E-state index is -2.26. The van der Waals surface area contributed by atoms with Crippen molar-refractivity contribution in [3.05, 3.63) is 42.0 Å². The predicted octanol–water partition coefficient (Wildman–Crippen LogP) is 2.66. The highest BCUT2D eigenvalue weighted by Gasteiger charge is 2.00. The van der Waals surface area contributed by atoms with Gasteiger partial charge in [-0.1, -0.05) is 29.8 Å². The maximum absolute atomic E-state index is 10.5. The van der Waals surface area contributed by atoms with Crippen molar-refractivity contribution in [2.45, 2.75) is 6.92 Å². The standard InChI is InChI=1S/C11H10O3S/c1-8-2-3-9-4-5-11(14-15(12)13)7-10(9)6-8/h2-7H,1H3,(H,12,13). The largest absolute Gasteiger partial charge is 0.380 e. The molecule has 4 heteroatoms. The maximum atomic E-state index is 10.5. The molecule has 78 valence electrons. The molecular weight excluding hydrogens is 212 g/mol. The Kier molecular flexibility index (Phi) is 2.70. The smallest absolute Gasteiger partial charge is 0.357 e. The van der Waals surface area contributed by atoms with Gasteiger partial charge in [0.05, 0.1) is 0 Å². The van der Waals surface area contributed by atoms with Gasteiger partial charge >= 0.3 is 11.4 Å². The van der Waals surface area contributed by atoms with Gasteiger partial charge in [-0.05, 0) is 29.8 Å².